The van der Waals surface area contributed by atoms with Crippen molar-refractivity contribution in [3.63, 3.8) is 0 Å². The van der Waals surface area contributed by atoms with Gasteiger partial charge in [-0.3, -0.25) is 0 Å². The van der Waals surface area contributed by atoms with E-state index in [1.165, 1.54) is 50.5 Å². The van der Waals surface area contributed by atoms with Crippen LogP contribution in [-0.4, -0.2) is 0 Å². The zero-order valence-electron chi connectivity index (χ0n) is 11.8. The maximum Gasteiger partial charge on any atom is -0.00532 e. The van der Waals surface area contributed by atoms with Crippen molar-refractivity contribution in [3.05, 3.63) is 12.2 Å². The van der Waals surface area contributed by atoms with Gasteiger partial charge in [-0.2, -0.15) is 0 Å². The van der Waals surface area contributed by atoms with Gasteiger partial charge in [0.2, 0.25) is 0 Å². The van der Waals surface area contributed by atoms with Crippen LogP contribution in [0.25, 0.3) is 0 Å². The number of unbranched alkanes of at least 4 members (excludes halogenated alkanes) is 3. The summed E-state index contributed by atoms with van der Waals surface area (Å²) in [5.74, 6) is 1.72. The predicted molar refractivity (Wildman–Crippen MR) is 73.6 cm³/mol. The van der Waals surface area contributed by atoms with Crippen molar-refractivity contribution in [1.29, 1.82) is 0 Å². The van der Waals surface area contributed by atoms with Crippen LogP contribution in [-0.2, 0) is 0 Å². The van der Waals surface area contributed by atoms with Gasteiger partial charge in [0, 0.05) is 0 Å². The molecule has 0 aliphatic heterocycles. The highest BCUT2D eigenvalue weighted by atomic mass is 14.5. The van der Waals surface area contributed by atoms with E-state index in [1.54, 1.807) is 0 Å². The van der Waals surface area contributed by atoms with Crippen molar-refractivity contribution in [2.45, 2.75) is 72.6 Å². The van der Waals surface area contributed by atoms with E-state index in [0.717, 1.165) is 11.8 Å². The number of allylic oxidation sites excluding steroid dienone is 1. The van der Waals surface area contributed by atoms with Gasteiger partial charge in [-0.25, -0.2) is 0 Å². The number of hydrogen-bond donors (Lipinski definition) is 0. The molecular formula is C16H30. The molecule has 0 aromatic rings. The summed E-state index contributed by atoms with van der Waals surface area (Å²) in [6.07, 6.45) is 9.83. The quantitative estimate of drug-likeness (QED) is 0.371. The normalized spacial score (nSPS) is 30.5. The monoisotopic (exact) mass is 222 g/mol. The molecule has 0 radical (unpaired) electrons. The Hall–Kier alpha value is -0.260. The molecule has 0 N–H and O–H groups in total. The molecule has 3 unspecified atom stereocenters. The Morgan fingerprint density at radius 1 is 1.25 bits per heavy atom. The van der Waals surface area contributed by atoms with E-state index in [1.807, 2.05) is 0 Å². The summed E-state index contributed by atoms with van der Waals surface area (Å²) in [5.41, 5.74) is 2.00. The first kappa shape index (κ1) is 13.8. The molecule has 1 aliphatic rings. The molecule has 1 aliphatic carbocycles. The van der Waals surface area contributed by atoms with E-state index in [9.17, 15) is 0 Å². The average Bonchev–Trinajstić information content (AvgIpc) is 2.74. The third kappa shape index (κ3) is 3.37. The topological polar surface area (TPSA) is 0 Å². The molecule has 94 valence electrons. The minimum absolute atomic E-state index is 0.511. The van der Waals surface area contributed by atoms with Crippen molar-refractivity contribution in [2.75, 3.05) is 0 Å². The summed E-state index contributed by atoms with van der Waals surface area (Å²) in [6.45, 7) is 13.5. The standard InChI is InChI=1S/C16H30/c1-6-13(2)11-9-7-8-10-12-16(5)14(3)15(16)4/h13,15H,3,6-12H2,1-2,4-5H3. The Morgan fingerprint density at radius 3 is 2.31 bits per heavy atom. The maximum atomic E-state index is 4.15. The summed E-state index contributed by atoms with van der Waals surface area (Å²) < 4.78 is 0. The Bertz CT molecular complexity index is 228. The Kier molecular flexibility index (Phi) is 5.08. The van der Waals surface area contributed by atoms with Gasteiger partial charge in [-0.05, 0) is 23.7 Å². The molecule has 16 heavy (non-hydrogen) atoms. The van der Waals surface area contributed by atoms with Crippen LogP contribution in [0.4, 0.5) is 0 Å². The third-order valence-corrected chi connectivity index (χ3v) is 4.97. The fraction of sp³-hybridized carbons (Fsp3) is 0.875. The van der Waals surface area contributed by atoms with Gasteiger partial charge in [-0.1, -0.05) is 78.4 Å². The van der Waals surface area contributed by atoms with E-state index < -0.39 is 0 Å². The van der Waals surface area contributed by atoms with Crippen molar-refractivity contribution in [3.8, 4) is 0 Å². The fourth-order valence-electron chi connectivity index (χ4n) is 2.70. The SMILES string of the molecule is C=C1C(C)C1(C)CCCCCCC(C)CC. The summed E-state index contributed by atoms with van der Waals surface area (Å²) in [6, 6.07) is 0. The second-order valence-corrected chi connectivity index (χ2v) is 6.13. The largest absolute Gasteiger partial charge is 0.0990 e. The minimum Gasteiger partial charge on any atom is -0.0990 e. The zero-order valence-corrected chi connectivity index (χ0v) is 11.8. The van der Waals surface area contributed by atoms with Crippen LogP contribution in [0.2, 0.25) is 0 Å². The lowest BCUT2D eigenvalue weighted by atomic mass is 9.95. The van der Waals surface area contributed by atoms with Crippen LogP contribution in [0.1, 0.15) is 72.6 Å². The van der Waals surface area contributed by atoms with Crippen molar-refractivity contribution in [1.82, 2.24) is 0 Å². The molecule has 0 amide bonds. The lowest BCUT2D eigenvalue weighted by Gasteiger charge is -2.10. The molecule has 3 atom stereocenters. The van der Waals surface area contributed by atoms with Gasteiger partial charge in [0.1, 0.15) is 0 Å². The summed E-state index contributed by atoms with van der Waals surface area (Å²) in [4.78, 5) is 0. The maximum absolute atomic E-state index is 4.15. The molecule has 0 aromatic carbocycles. The van der Waals surface area contributed by atoms with Gasteiger partial charge >= 0.3 is 0 Å². The molecule has 0 spiro atoms. The van der Waals surface area contributed by atoms with Crippen LogP contribution < -0.4 is 0 Å². The molecule has 0 heteroatoms. The van der Waals surface area contributed by atoms with Gasteiger partial charge < -0.3 is 0 Å². The highest BCUT2D eigenvalue weighted by Crippen LogP contribution is 2.59. The summed E-state index contributed by atoms with van der Waals surface area (Å²) >= 11 is 0. The summed E-state index contributed by atoms with van der Waals surface area (Å²) in [7, 11) is 0. The van der Waals surface area contributed by atoms with Gasteiger partial charge in [0.25, 0.3) is 0 Å². The molecule has 0 saturated heterocycles. The van der Waals surface area contributed by atoms with Crippen LogP contribution in [0.15, 0.2) is 12.2 Å². The second-order valence-electron chi connectivity index (χ2n) is 6.13. The molecule has 1 saturated carbocycles. The predicted octanol–water partition coefficient (Wildman–Crippen LogP) is 5.59. The average molecular weight is 222 g/mol. The van der Waals surface area contributed by atoms with E-state index in [4.69, 9.17) is 0 Å². The van der Waals surface area contributed by atoms with E-state index in [2.05, 4.69) is 34.3 Å². The number of rotatable bonds is 8. The van der Waals surface area contributed by atoms with Crippen LogP contribution in [0, 0.1) is 17.3 Å². The lowest BCUT2D eigenvalue weighted by Crippen LogP contribution is -1.97. The van der Waals surface area contributed by atoms with Crippen LogP contribution in [0.3, 0.4) is 0 Å². The van der Waals surface area contributed by atoms with Gasteiger partial charge in [0.15, 0.2) is 0 Å². The van der Waals surface area contributed by atoms with E-state index in [0.29, 0.717) is 5.41 Å². The molecule has 1 fully saturated rings. The molecular weight excluding hydrogens is 192 g/mol. The van der Waals surface area contributed by atoms with Crippen molar-refractivity contribution >= 4 is 0 Å². The zero-order chi connectivity index (χ0) is 12.2. The minimum atomic E-state index is 0.511. The Morgan fingerprint density at radius 2 is 1.81 bits per heavy atom. The highest BCUT2D eigenvalue weighted by molar-refractivity contribution is 5.32. The molecule has 1 rings (SSSR count). The van der Waals surface area contributed by atoms with Gasteiger partial charge in [-0.15, -0.1) is 0 Å². The molecule has 0 aromatic heterocycles. The van der Waals surface area contributed by atoms with Crippen LogP contribution >= 0.6 is 0 Å². The smallest absolute Gasteiger partial charge is 0.00532 e. The first-order chi connectivity index (χ1) is 7.52. The highest BCUT2D eigenvalue weighted by Gasteiger charge is 2.50. The number of hydrogen-bond acceptors (Lipinski definition) is 0. The van der Waals surface area contributed by atoms with Crippen LogP contribution in [0.5, 0.6) is 0 Å². The molecule has 0 bridgehead atoms. The van der Waals surface area contributed by atoms with Gasteiger partial charge in [0.05, 0.1) is 0 Å². The molecule has 0 heterocycles. The van der Waals surface area contributed by atoms with Crippen molar-refractivity contribution < 1.29 is 0 Å². The fourth-order valence-corrected chi connectivity index (χ4v) is 2.70. The van der Waals surface area contributed by atoms with Crippen molar-refractivity contribution in [2.24, 2.45) is 17.3 Å². The first-order valence-electron chi connectivity index (χ1n) is 7.21. The lowest BCUT2D eigenvalue weighted by molar-refractivity contribution is 0.433. The van der Waals surface area contributed by atoms with E-state index >= 15 is 0 Å². The molecule has 0 nitrogen and oxygen atoms in total. The summed E-state index contributed by atoms with van der Waals surface area (Å²) in [5, 5.41) is 0. The Balaban J connectivity index is 1.95. The first-order valence-corrected chi connectivity index (χ1v) is 7.21. The van der Waals surface area contributed by atoms with E-state index in [-0.39, 0.29) is 0 Å². The third-order valence-electron chi connectivity index (χ3n) is 4.97. The second kappa shape index (κ2) is 5.89. The Labute approximate surface area is 103 Å².